The fraction of sp³-hybridized carbons (Fsp3) is 0.412. The van der Waals surface area contributed by atoms with Crippen molar-refractivity contribution in [3.8, 4) is 0 Å². The van der Waals surface area contributed by atoms with E-state index in [0.29, 0.717) is 11.7 Å². The molecule has 1 aliphatic carbocycles. The van der Waals surface area contributed by atoms with Crippen molar-refractivity contribution in [2.24, 2.45) is 11.7 Å². The van der Waals surface area contributed by atoms with E-state index in [1.54, 1.807) is 0 Å². The maximum absolute atomic E-state index is 12.5. The van der Waals surface area contributed by atoms with Crippen molar-refractivity contribution in [3.63, 3.8) is 0 Å². The van der Waals surface area contributed by atoms with Gasteiger partial charge in [0.05, 0.1) is 10.8 Å². The summed E-state index contributed by atoms with van der Waals surface area (Å²) in [5.41, 5.74) is 6.24. The van der Waals surface area contributed by atoms with Crippen LogP contribution in [0, 0.1) is 5.92 Å². The van der Waals surface area contributed by atoms with E-state index in [1.165, 1.54) is 31.1 Å². The SMILES string of the molecule is NC(CS(=O)c1ccc2ccccc2c1)C1CCCC1. The first-order chi connectivity index (χ1) is 9.74. The first kappa shape index (κ1) is 13.8. The van der Waals surface area contributed by atoms with E-state index >= 15 is 0 Å². The molecule has 0 aromatic heterocycles. The third-order valence-electron chi connectivity index (χ3n) is 4.33. The predicted octanol–water partition coefficient (Wildman–Crippen LogP) is 3.46. The summed E-state index contributed by atoms with van der Waals surface area (Å²) in [4.78, 5) is 0.900. The molecule has 3 rings (SSSR count). The van der Waals surface area contributed by atoms with Crippen LogP contribution in [-0.4, -0.2) is 16.0 Å². The summed E-state index contributed by atoms with van der Waals surface area (Å²) >= 11 is 0. The summed E-state index contributed by atoms with van der Waals surface area (Å²) in [5, 5.41) is 2.33. The van der Waals surface area contributed by atoms with Gasteiger partial charge in [-0.1, -0.05) is 43.2 Å². The zero-order chi connectivity index (χ0) is 13.9. The van der Waals surface area contributed by atoms with Crippen LogP contribution in [0.4, 0.5) is 0 Å². The minimum atomic E-state index is -0.991. The molecule has 1 saturated carbocycles. The van der Waals surface area contributed by atoms with Crippen LogP contribution in [0.3, 0.4) is 0 Å². The van der Waals surface area contributed by atoms with Gasteiger partial charge in [0, 0.05) is 16.7 Å². The molecule has 0 aliphatic heterocycles. The third-order valence-corrected chi connectivity index (χ3v) is 5.80. The van der Waals surface area contributed by atoms with E-state index in [-0.39, 0.29) is 6.04 Å². The van der Waals surface area contributed by atoms with Crippen molar-refractivity contribution >= 4 is 21.6 Å². The highest BCUT2D eigenvalue weighted by Gasteiger charge is 2.23. The Hall–Kier alpha value is -1.19. The van der Waals surface area contributed by atoms with Crippen LogP contribution in [0.1, 0.15) is 25.7 Å². The summed E-state index contributed by atoms with van der Waals surface area (Å²) in [6.07, 6.45) is 4.97. The lowest BCUT2D eigenvalue weighted by Crippen LogP contribution is -2.34. The fourth-order valence-electron chi connectivity index (χ4n) is 3.10. The molecule has 3 heteroatoms. The minimum Gasteiger partial charge on any atom is -0.327 e. The van der Waals surface area contributed by atoms with Gasteiger partial charge in [-0.3, -0.25) is 4.21 Å². The average molecular weight is 287 g/mol. The molecule has 2 aromatic carbocycles. The smallest absolute Gasteiger partial charge is 0.0545 e. The van der Waals surface area contributed by atoms with Crippen molar-refractivity contribution in [3.05, 3.63) is 42.5 Å². The number of fused-ring (bicyclic) bond motifs is 1. The Labute approximate surface area is 122 Å². The maximum Gasteiger partial charge on any atom is 0.0545 e. The second-order valence-electron chi connectivity index (χ2n) is 5.73. The zero-order valence-electron chi connectivity index (χ0n) is 11.6. The molecule has 2 atom stereocenters. The number of nitrogens with two attached hydrogens (primary N) is 1. The molecule has 0 saturated heterocycles. The Kier molecular flexibility index (Phi) is 4.18. The molecule has 0 spiro atoms. The quantitative estimate of drug-likeness (QED) is 0.935. The molecule has 2 N–H and O–H groups in total. The van der Waals surface area contributed by atoms with Gasteiger partial charge >= 0.3 is 0 Å². The Morgan fingerprint density at radius 3 is 2.55 bits per heavy atom. The number of rotatable bonds is 4. The fourth-order valence-corrected chi connectivity index (χ4v) is 4.39. The van der Waals surface area contributed by atoms with Gasteiger partial charge in [0.2, 0.25) is 0 Å². The zero-order valence-corrected chi connectivity index (χ0v) is 12.4. The molecular formula is C17H21NOS. The molecule has 0 amide bonds. The summed E-state index contributed by atoms with van der Waals surface area (Å²) < 4.78 is 12.5. The standard InChI is InChI=1S/C17H21NOS/c18-17(14-6-2-3-7-14)12-20(19)16-10-9-13-5-1-4-8-15(13)11-16/h1,4-5,8-11,14,17H,2-3,6-7,12,18H2. The average Bonchev–Trinajstić information content (AvgIpc) is 3.01. The van der Waals surface area contributed by atoms with E-state index in [1.807, 2.05) is 30.3 Å². The predicted molar refractivity (Wildman–Crippen MR) is 85.2 cm³/mol. The van der Waals surface area contributed by atoms with Gasteiger partial charge in [0.15, 0.2) is 0 Å². The Morgan fingerprint density at radius 2 is 1.80 bits per heavy atom. The highest BCUT2D eigenvalue weighted by Crippen LogP contribution is 2.28. The second-order valence-corrected chi connectivity index (χ2v) is 7.23. The summed E-state index contributed by atoms with van der Waals surface area (Å²) in [5.74, 6) is 1.16. The van der Waals surface area contributed by atoms with Gasteiger partial charge in [0.25, 0.3) is 0 Å². The van der Waals surface area contributed by atoms with Crippen LogP contribution in [0.25, 0.3) is 10.8 Å². The van der Waals surface area contributed by atoms with Gasteiger partial charge in [0.1, 0.15) is 0 Å². The second kappa shape index (κ2) is 6.06. The van der Waals surface area contributed by atoms with Gasteiger partial charge in [-0.15, -0.1) is 0 Å². The van der Waals surface area contributed by atoms with Crippen LogP contribution in [0.5, 0.6) is 0 Å². The lowest BCUT2D eigenvalue weighted by Gasteiger charge is -2.18. The topological polar surface area (TPSA) is 43.1 Å². The molecule has 0 radical (unpaired) electrons. The van der Waals surface area contributed by atoms with Gasteiger partial charge in [-0.25, -0.2) is 0 Å². The lowest BCUT2D eigenvalue weighted by atomic mass is 10.0. The largest absolute Gasteiger partial charge is 0.327 e. The van der Waals surface area contributed by atoms with Crippen molar-refractivity contribution in [2.75, 3.05) is 5.75 Å². The van der Waals surface area contributed by atoms with Crippen molar-refractivity contribution < 1.29 is 4.21 Å². The minimum absolute atomic E-state index is 0.0739. The molecule has 106 valence electrons. The molecule has 1 aliphatic rings. The first-order valence-corrected chi connectivity index (χ1v) is 8.69. The number of hydrogen-bond acceptors (Lipinski definition) is 2. The monoisotopic (exact) mass is 287 g/mol. The molecule has 0 bridgehead atoms. The summed E-state index contributed by atoms with van der Waals surface area (Å²) in [6.45, 7) is 0. The molecule has 0 heterocycles. The van der Waals surface area contributed by atoms with E-state index in [9.17, 15) is 4.21 Å². The van der Waals surface area contributed by atoms with Gasteiger partial charge in [-0.2, -0.15) is 0 Å². The van der Waals surface area contributed by atoms with E-state index in [4.69, 9.17) is 5.73 Å². The Balaban J connectivity index is 1.74. The van der Waals surface area contributed by atoms with E-state index in [2.05, 4.69) is 12.1 Å². The first-order valence-electron chi connectivity index (χ1n) is 7.37. The van der Waals surface area contributed by atoms with Gasteiger partial charge < -0.3 is 5.73 Å². The number of hydrogen-bond donors (Lipinski definition) is 1. The van der Waals surface area contributed by atoms with Crippen LogP contribution in [0.15, 0.2) is 47.4 Å². The van der Waals surface area contributed by atoms with Crippen molar-refractivity contribution in [1.82, 2.24) is 0 Å². The van der Waals surface area contributed by atoms with E-state index in [0.717, 1.165) is 10.3 Å². The molecule has 2 nitrogen and oxygen atoms in total. The highest BCUT2D eigenvalue weighted by atomic mass is 32.2. The van der Waals surface area contributed by atoms with E-state index < -0.39 is 10.8 Å². The van der Waals surface area contributed by atoms with Crippen LogP contribution in [0.2, 0.25) is 0 Å². The lowest BCUT2D eigenvalue weighted by molar-refractivity contribution is 0.460. The van der Waals surface area contributed by atoms with Crippen molar-refractivity contribution in [1.29, 1.82) is 0 Å². The normalized spacial score (nSPS) is 19.2. The molecule has 2 unspecified atom stereocenters. The maximum atomic E-state index is 12.5. The van der Waals surface area contributed by atoms with Crippen LogP contribution in [-0.2, 0) is 10.8 Å². The molecule has 2 aromatic rings. The Morgan fingerprint density at radius 1 is 1.10 bits per heavy atom. The van der Waals surface area contributed by atoms with Crippen LogP contribution < -0.4 is 5.73 Å². The molecule has 1 fully saturated rings. The third kappa shape index (κ3) is 2.94. The molecule has 20 heavy (non-hydrogen) atoms. The molecular weight excluding hydrogens is 266 g/mol. The highest BCUT2D eigenvalue weighted by molar-refractivity contribution is 7.85. The summed E-state index contributed by atoms with van der Waals surface area (Å²) in [7, 11) is -0.991. The number of benzene rings is 2. The van der Waals surface area contributed by atoms with Gasteiger partial charge in [-0.05, 0) is 41.7 Å². The Bertz CT molecular complexity index is 619. The van der Waals surface area contributed by atoms with Crippen LogP contribution >= 0.6 is 0 Å². The summed E-state index contributed by atoms with van der Waals surface area (Å²) in [6, 6.07) is 14.3. The van der Waals surface area contributed by atoms with Crippen molar-refractivity contribution in [2.45, 2.75) is 36.6 Å².